The van der Waals surface area contributed by atoms with E-state index in [4.69, 9.17) is 10.8 Å². The Morgan fingerprint density at radius 2 is 1.14 bits per heavy atom. The van der Waals surface area contributed by atoms with Crippen LogP contribution in [-0.4, -0.2) is 46.4 Å². The number of ether oxygens (including phenoxy) is 1. The molecule has 0 aliphatic carbocycles. The van der Waals surface area contributed by atoms with E-state index in [1.54, 1.807) is 0 Å². The number of aliphatic carboxylic acids is 1. The predicted octanol–water partition coefficient (Wildman–Crippen LogP) is 3.55. The zero-order valence-corrected chi connectivity index (χ0v) is 17.0. The third kappa shape index (κ3) is 19.9. The maximum Gasteiger partial charge on any atom is 0.320 e. The summed E-state index contributed by atoms with van der Waals surface area (Å²) in [6.45, 7) is 2.24. The van der Waals surface area contributed by atoms with Crippen molar-refractivity contribution in [1.82, 2.24) is 0 Å². The van der Waals surface area contributed by atoms with Crippen molar-refractivity contribution in [3.63, 3.8) is 0 Å². The highest BCUT2D eigenvalue weighted by Crippen LogP contribution is 2.13. The van der Waals surface area contributed by atoms with Crippen molar-refractivity contribution in [2.24, 2.45) is 5.73 Å². The highest BCUT2D eigenvalue weighted by Gasteiger charge is 2.16. The van der Waals surface area contributed by atoms with E-state index in [1.165, 1.54) is 64.2 Å². The third-order valence-corrected chi connectivity index (χ3v) is 4.69. The molecular formula is C21H42AlNO5. The highest BCUT2D eigenvalue weighted by molar-refractivity contribution is 5.85. The van der Waals surface area contributed by atoms with Crippen molar-refractivity contribution < 1.29 is 24.2 Å². The molecule has 1 atom stereocenters. The molecule has 0 spiro atoms. The van der Waals surface area contributed by atoms with Gasteiger partial charge >= 0.3 is 17.9 Å². The summed E-state index contributed by atoms with van der Waals surface area (Å²) in [7, 11) is 0. The molecule has 0 amide bonds. The van der Waals surface area contributed by atoms with Crippen molar-refractivity contribution in [2.45, 2.75) is 116 Å². The van der Waals surface area contributed by atoms with E-state index in [9.17, 15) is 14.4 Å². The minimum Gasteiger partial charge on any atom is -0.480 e. The molecule has 0 aliphatic heterocycles. The summed E-state index contributed by atoms with van der Waals surface area (Å²) in [5.74, 6) is -2.40. The number of unbranched alkanes of at least 4 members (excludes halogenated alkanes) is 12. The number of carbonyl (C=O) groups excluding carboxylic acids is 2. The maximum atomic E-state index is 11.5. The van der Waals surface area contributed by atoms with E-state index in [2.05, 4.69) is 11.7 Å². The van der Waals surface area contributed by atoms with Crippen LogP contribution in [-0.2, 0) is 19.1 Å². The number of nitrogens with two attached hydrogens (primary N) is 1. The van der Waals surface area contributed by atoms with Gasteiger partial charge in [0.15, 0.2) is 17.4 Å². The number of hydrogen-bond acceptors (Lipinski definition) is 5. The Morgan fingerprint density at radius 3 is 1.57 bits per heavy atom. The van der Waals surface area contributed by atoms with Gasteiger partial charge in [0, 0.05) is 12.8 Å². The van der Waals surface area contributed by atoms with Gasteiger partial charge in [-0.25, -0.2) is 0 Å². The Balaban J connectivity index is 0. The second kappa shape index (κ2) is 20.8. The smallest absolute Gasteiger partial charge is 0.320 e. The van der Waals surface area contributed by atoms with Crippen molar-refractivity contribution in [3.8, 4) is 0 Å². The maximum absolute atomic E-state index is 11.5. The van der Waals surface area contributed by atoms with E-state index in [0.717, 1.165) is 19.3 Å². The van der Waals surface area contributed by atoms with Crippen LogP contribution in [0.2, 0.25) is 0 Å². The molecule has 0 heterocycles. The van der Waals surface area contributed by atoms with Crippen molar-refractivity contribution in [2.75, 3.05) is 0 Å². The summed E-state index contributed by atoms with van der Waals surface area (Å²) in [4.78, 5) is 33.5. The zero-order chi connectivity index (χ0) is 20.3. The average molecular weight is 416 g/mol. The van der Waals surface area contributed by atoms with Gasteiger partial charge in [-0.1, -0.05) is 84.0 Å². The van der Waals surface area contributed by atoms with Gasteiger partial charge in [0.25, 0.3) is 0 Å². The molecule has 3 N–H and O–H groups in total. The van der Waals surface area contributed by atoms with Crippen molar-refractivity contribution in [3.05, 3.63) is 0 Å². The summed E-state index contributed by atoms with van der Waals surface area (Å²) in [5, 5.41) is 8.62. The predicted molar refractivity (Wildman–Crippen MR) is 116 cm³/mol. The van der Waals surface area contributed by atoms with E-state index < -0.39 is 23.9 Å². The van der Waals surface area contributed by atoms with E-state index >= 15 is 0 Å². The Labute approximate surface area is 181 Å². The minimum atomic E-state index is -1.17. The lowest BCUT2D eigenvalue weighted by Gasteiger charge is -2.06. The summed E-state index contributed by atoms with van der Waals surface area (Å²) >= 11 is 0. The number of esters is 2. The second-order valence-electron chi connectivity index (χ2n) is 7.32. The summed E-state index contributed by atoms with van der Waals surface area (Å²) in [6, 6.07) is -1.10. The molecule has 0 rings (SSSR count). The number of carboxylic acids is 1. The molecule has 6 nitrogen and oxygen atoms in total. The quantitative estimate of drug-likeness (QED) is 0.153. The molecule has 0 fully saturated rings. The number of carboxylic acid groups (broad SMARTS) is 1. The van der Waals surface area contributed by atoms with E-state index in [-0.39, 0.29) is 36.6 Å². The molecule has 0 aromatic rings. The number of carbonyl (C=O) groups is 3. The van der Waals surface area contributed by atoms with Crippen LogP contribution < -0.4 is 5.73 Å². The van der Waals surface area contributed by atoms with Gasteiger partial charge in [-0.2, -0.15) is 0 Å². The van der Waals surface area contributed by atoms with Crippen LogP contribution in [0.5, 0.6) is 0 Å². The molecule has 7 heteroatoms. The van der Waals surface area contributed by atoms with Gasteiger partial charge in [-0.05, 0) is 12.8 Å². The van der Waals surface area contributed by atoms with E-state index in [0.29, 0.717) is 0 Å². The van der Waals surface area contributed by atoms with Crippen LogP contribution >= 0.6 is 0 Å². The normalized spacial score (nSPS) is 11.5. The largest absolute Gasteiger partial charge is 0.480 e. The van der Waals surface area contributed by atoms with Gasteiger partial charge in [-0.3, -0.25) is 14.4 Å². The van der Waals surface area contributed by atoms with E-state index in [1.807, 2.05) is 0 Å². The SMILES string of the molecule is CCCCCCCCCCCCCCCC(=O)OC(=O)CC[C@H](N)C(=O)O.[AlH3]. The Hall–Kier alpha value is -0.898. The Bertz CT molecular complexity index is 418. The van der Waals surface area contributed by atoms with Gasteiger partial charge in [0.1, 0.15) is 6.04 Å². The summed E-state index contributed by atoms with van der Waals surface area (Å²) < 4.78 is 4.66. The van der Waals surface area contributed by atoms with Crippen LogP contribution in [0.25, 0.3) is 0 Å². The molecule has 164 valence electrons. The molecule has 0 aromatic carbocycles. The fourth-order valence-corrected chi connectivity index (χ4v) is 2.91. The average Bonchev–Trinajstić information content (AvgIpc) is 2.63. The molecule has 0 unspecified atom stereocenters. The zero-order valence-electron chi connectivity index (χ0n) is 17.0. The summed E-state index contributed by atoms with van der Waals surface area (Å²) in [5.41, 5.74) is 5.29. The second-order valence-corrected chi connectivity index (χ2v) is 7.32. The third-order valence-electron chi connectivity index (χ3n) is 4.69. The van der Waals surface area contributed by atoms with Crippen LogP contribution in [0.3, 0.4) is 0 Å². The molecule has 0 saturated heterocycles. The standard InChI is InChI=1S/C21H39NO5.Al.3H/c1-2-3-4-5-6-7-8-9-10-11-12-13-14-15-19(23)27-20(24)17-16-18(22)21(25)26;;;;/h18H,2-17,22H2,1H3,(H,25,26);;;;/t18-;;;;/m0..../s1. The van der Waals surface area contributed by atoms with Crippen LogP contribution in [0.1, 0.15) is 110 Å². The van der Waals surface area contributed by atoms with Gasteiger partial charge in [-0.15, -0.1) is 0 Å². The van der Waals surface area contributed by atoms with Crippen LogP contribution in [0.4, 0.5) is 0 Å². The van der Waals surface area contributed by atoms with Crippen molar-refractivity contribution in [1.29, 1.82) is 0 Å². The fraction of sp³-hybridized carbons (Fsp3) is 0.857. The van der Waals surface area contributed by atoms with Crippen molar-refractivity contribution >= 4 is 35.3 Å². The molecule has 0 aromatic heterocycles. The first-order valence-electron chi connectivity index (χ1n) is 10.7. The highest BCUT2D eigenvalue weighted by atomic mass is 27.0. The monoisotopic (exact) mass is 415 g/mol. The first-order chi connectivity index (χ1) is 13.0. The lowest BCUT2D eigenvalue weighted by molar-refractivity contribution is -0.159. The van der Waals surface area contributed by atoms with Gasteiger partial charge in [0.2, 0.25) is 0 Å². The molecule has 0 aliphatic rings. The lowest BCUT2D eigenvalue weighted by Crippen LogP contribution is -2.30. The molecule has 0 radical (unpaired) electrons. The topological polar surface area (TPSA) is 107 Å². The first kappa shape index (κ1) is 29.3. The summed E-state index contributed by atoms with van der Waals surface area (Å²) in [6.07, 6.45) is 16.0. The molecule has 0 bridgehead atoms. The molecule has 28 heavy (non-hydrogen) atoms. The van der Waals surface area contributed by atoms with Gasteiger partial charge in [0.05, 0.1) is 0 Å². The minimum absolute atomic E-state index is 0. The van der Waals surface area contributed by atoms with Crippen LogP contribution in [0.15, 0.2) is 0 Å². The lowest BCUT2D eigenvalue weighted by atomic mass is 10.0. The van der Waals surface area contributed by atoms with Gasteiger partial charge < -0.3 is 15.6 Å². The molecule has 0 saturated carbocycles. The number of hydrogen-bond donors (Lipinski definition) is 2. The van der Waals surface area contributed by atoms with Crippen LogP contribution in [0, 0.1) is 0 Å². The molecular weight excluding hydrogens is 373 g/mol. The Morgan fingerprint density at radius 1 is 0.750 bits per heavy atom. The Kier molecular flexibility index (Phi) is 21.8. The fourth-order valence-electron chi connectivity index (χ4n) is 2.91. The number of rotatable bonds is 18. The first-order valence-corrected chi connectivity index (χ1v) is 10.7.